The molecule has 6 heteroatoms. The molecule has 4 nitrogen and oxygen atoms in total. The van der Waals surface area contributed by atoms with Gasteiger partial charge in [0.25, 0.3) is 0 Å². The SMILES string of the molecule is CNCCN1CC(c2ccc(F)cc2F)N(C)C1=O. The maximum Gasteiger partial charge on any atom is 0.320 e. The van der Waals surface area contributed by atoms with Crippen LogP contribution in [0, 0.1) is 11.6 Å². The minimum atomic E-state index is -0.611. The highest BCUT2D eigenvalue weighted by Gasteiger charge is 2.36. The Morgan fingerprint density at radius 3 is 2.79 bits per heavy atom. The van der Waals surface area contributed by atoms with E-state index in [0.717, 1.165) is 6.07 Å². The van der Waals surface area contributed by atoms with Crippen LogP contribution in [0.2, 0.25) is 0 Å². The standard InChI is InChI=1S/C13H17F2N3O/c1-16-5-6-18-8-12(17(2)13(18)19)10-4-3-9(14)7-11(10)15/h3-4,7,12,16H,5-6,8H2,1-2H3. The molecule has 1 aliphatic rings. The molecule has 0 bridgehead atoms. The third kappa shape index (κ3) is 2.68. The van der Waals surface area contributed by atoms with Gasteiger partial charge in [-0.1, -0.05) is 6.07 Å². The van der Waals surface area contributed by atoms with Gasteiger partial charge in [0.05, 0.1) is 6.04 Å². The third-order valence-electron chi connectivity index (χ3n) is 3.39. The van der Waals surface area contributed by atoms with Gasteiger partial charge >= 0.3 is 6.03 Å². The van der Waals surface area contributed by atoms with Crippen molar-refractivity contribution >= 4 is 6.03 Å². The van der Waals surface area contributed by atoms with Crippen molar-refractivity contribution in [1.29, 1.82) is 0 Å². The van der Waals surface area contributed by atoms with Gasteiger partial charge in [-0.15, -0.1) is 0 Å². The fraction of sp³-hybridized carbons (Fsp3) is 0.462. The van der Waals surface area contributed by atoms with Crippen LogP contribution in [0.15, 0.2) is 18.2 Å². The number of nitrogens with one attached hydrogen (secondary N) is 1. The van der Waals surface area contributed by atoms with Crippen LogP contribution in [0.4, 0.5) is 13.6 Å². The minimum Gasteiger partial charge on any atom is -0.321 e. The molecule has 1 saturated heterocycles. The molecule has 1 heterocycles. The molecule has 0 saturated carbocycles. The van der Waals surface area contributed by atoms with Gasteiger partial charge < -0.3 is 15.1 Å². The lowest BCUT2D eigenvalue weighted by molar-refractivity contribution is 0.195. The Morgan fingerprint density at radius 1 is 1.42 bits per heavy atom. The van der Waals surface area contributed by atoms with Gasteiger partial charge in [-0.2, -0.15) is 0 Å². The Morgan fingerprint density at radius 2 is 2.16 bits per heavy atom. The number of urea groups is 1. The Balaban J connectivity index is 2.19. The van der Waals surface area contributed by atoms with Gasteiger partial charge in [0.15, 0.2) is 0 Å². The normalized spacial score (nSPS) is 19.4. The van der Waals surface area contributed by atoms with Gasteiger partial charge in [-0.3, -0.25) is 0 Å². The van der Waals surface area contributed by atoms with E-state index in [1.807, 2.05) is 0 Å². The van der Waals surface area contributed by atoms with Crippen LogP contribution >= 0.6 is 0 Å². The second kappa shape index (κ2) is 5.52. The van der Waals surface area contributed by atoms with Gasteiger partial charge in [-0.05, 0) is 13.1 Å². The Labute approximate surface area is 111 Å². The fourth-order valence-corrected chi connectivity index (χ4v) is 2.28. The van der Waals surface area contributed by atoms with E-state index in [1.165, 1.54) is 17.0 Å². The smallest absolute Gasteiger partial charge is 0.320 e. The highest BCUT2D eigenvalue weighted by molar-refractivity contribution is 5.77. The number of rotatable bonds is 4. The van der Waals surface area contributed by atoms with E-state index in [9.17, 15) is 13.6 Å². The Hall–Kier alpha value is -1.69. The lowest BCUT2D eigenvalue weighted by Crippen LogP contribution is -2.34. The van der Waals surface area contributed by atoms with Gasteiger partial charge in [-0.25, -0.2) is 13.6 Å². The number of nitrogens with zero attached hydrogens (tertiary/aromatic N) is 2. The minimum absolute atomic E-state index is 0.135. The quantitative estimate of drug-likeness (QED) is 0.901. The molecule has 0 radical (unpaired) electrons. The first kappa shape index (κ1) is 13.7. The van der Waals surface area contributed by atoms with E-state index in [1.54, 1.807) is 19.0 Å². The molecule has 1 aromatic carbocycles. The number of halogens is 2. The molecule has 0 spiro atoms. The van der Waals surface area contributed by atoms with Crippen molar-refractivity contribution in [2.24, 2.45) is 0 Å². The van der Waals surface area contributed by atoms with Crippen molar-refractivity contribution in [2.45, 2.75) is 6.04 Å². The predicted octanol–water partition coefficient (Wildman–Crippen LogP) is 1.59. The molecule has 2 rings (SSSR count). The summed E-state index contributed by atoms with van der Waals surface area (Å²) in [7, 11) is 3.44. The summed E-state index contributed by atoms with van der Waals surface area (Å²) in [6, 6.07) is 2.96. The lowest BCUT2D eigenvalue weighted by atomic mass is 10.1. The van der Waals surface area contributed by atoms with Crippen LogP contribution < -0.4 is 5.32 Å². The fourth-order valence-electron chi connectivity index (χ4n) is 2.28. The number of hydrogen-bond acceptors (Lipinski definition) is 2. The van der Waals surface area contributed by atoms with Crippen LogP contribution in [0.3, 0.4) is 0 Å². The zero-order valence-corrected chi connectivity index (χ0v) is 11.0. The molecule has 1 N–H and O–H groups in total. The lowest BCUT2D eigenvalue weighted by Gasteiger charge is -2.18. The first-order valence-electron chi connectivity index (χ1n) is 6.16. The molecule has 1 fully saturated rings. The van der Waals surface area contributed by atoms with Crippen LogP contribution in [-0.2, 0) is 0 Å². The molecule has 1 aliphatic heterocycles. The topological polar surface area (TPSA) is 35.6 Å². The first-order chi connectivity index (χ1) is 9.04. The van der Waals surface area contributed by atoms with Gasteiger partial charge in [0, 0.05) is 38.3 Å². The molecule has 1 atom stereocenters. The second-order valence-corrected chi connectivity index (χ2v) is 4.62. The van der Waals surface area contributed by atoms with Crippen molar-refractivity contribution in [2.75, 3.05) is 33.7 Å². The molecule has 19 heavy (non-hydrogen) atoms. The van der Waals surface area contributed by atoms with E-state index in [2.05, 4.69) is 5.32 Å². The van der Waals surface area contributed by atoms with Crippen LogP contribution in [0.25, 0.3) is 0 Å². The van der Waals surface area contributed by atoms with Gasteiger partial charge in [0.1, 0.15) is 11.6 Å². The van der Waals surface area contributed by atoms with Gasteiger partial charge in [0.2, 0.25) is 0 Å². The highest BCUT2D eigenvalue weighted by atomic mass is 19.1. The summed E-state index contributed by atoms with van der Waals surface area (Å²) >= 11 is 0. The Bertz CT molecular complexity index is 481. The zero-order valence-electron chi connectivity index (χ0n) is 11.0. The first-order valence-corrected chi connectivity index (χ1v) is 6.16. The molecule has 1 unspecified atom stereocenters. The van der Waals surface area contributed by atoms with E-state index < -0.39 is 11.6 Å². The largest absolute Gasteiger partial charge is 0.321 e. The summed E-state index contributed by atoms with van der Waals surface area (Å²) in [5.41, 5.74) is 0.351. The van der Waals surface area contributed by atoms with E-state index >= 15 is 0 Å². The summed E-state index contributed by atoms with van der Waals surface area (Å²) in [4.78, 5) is 15.1. The molecule has 1 aromatic rings. The summed E-state index contributed by atoms with van der Waals surface area (Å²) in [5.74, 6) is -1.22. The zero-order chi connectivity index (χ0) is 14.0. The average Bonchev–Trinajstić information content (AvgIpc) is 2.64. The summed E-state index contributed by atoms with van der Waals surface area (Å²) in [6.45, 7) is 1.66. The number of hydrogen-bond donors (Lipinski definition) is 1. The number of carbonyl (C=O) groups is 1. The monoisotopic (exact) mass is 269 g/mol. The summed E-state index contributed by atoms with van der Waals surface area (Å²) < 4.78 is 26.7. The van der Waals surface area contributed by atoms with E-state index in [4.69, 9.17) is 0 Å². The number of amides is 2. The number of benzene rings is 1. The molecular formula is C13H17F2N3O. The highest BCUT2D eigenvalue weighted by Crippen LogP contribution is 2.29. The second-order valence-electron chi connectivity index (χ2n) is 4.62. The summed E-state index contributed by atoms with van der Waals surface area (Å²) in [6.07, 6.45) is 0. The molecular weight excluding hydrogens is 252 g/mol. The molecule has 104 valence electrons. The van der Waals surface area contributed by atoms with Crippen LogP contribution in [0.5, 0.6) is 0 Å². The van der Waals surface area contributed by atoms with Crippen LogP contribution in [0.1, 0.15) is 11.6 Å². The maximum absolute atomic E-state index is 13.8. The van der Waals surface area contributed by atoms with E-state index in [0.29, 0.717) is 25.2 Å². The van der Waals surface area contributed by atoms with Crippen molar-refractivity contribution in [3.63, 3.8) is 0 Å². The van der Waals surface area contributed by atoms with Crippen molar-refractivity contribution in [3.05, 3.63) is 35.4 Å². The number of carbonyl (C=O) groups excluding carboxylic acids is 1. The van der Waals surface area contributed by atoms with Crippen molar-refractivity contribution < 1.29 is 13.6 Å². The van der Waals surface area contributed by atoms with Crippen molar-refractivity contribution in [3.8, 4) is 0 Å². The van der Waals surface area contributed by atoms with Crippen molar-refractivity contribution in [1.82, 2.24) is 15.1 Å². The Kier molecular flexibility index (Phi) is 3.99. The van der Waals surface area contributed by atoms with E-state index in [-0.39, 0.29) is 12.1 Å². The predicted molar refractivity (Wildman–Crippen MR) is 67.8 cm³/mol. The van der Waals surface area contributed by atoms with Crippen LogP contribution in [-0.4, -0.2) is 49.6 Å². The molecule has 0 aromatic heterocycles. The molecule has 2 amide bonds. The summed E-state index contributed by atoms with van der Waals surface area (Å²) in [5, 5.41) is 2.97. The molecule has 0 aliphatic carbocycles. The average molecular weight is 269 g/mol. The number of likely N-dealkylation sites (N-methyl/N-ethyl adjacent to an activating group) is 2. The maximum atomic E-state index is 13.8. The third-order valence-corrected chi connectivity index (χ3v) is 3.39.